The van der Waals surface area contributed by atoms with Crippen molar-refractivity contribution in [1.29, 1.82) is 0 Å². The van der Waals surface area contributed by atoms with E-state index in [9.17, 15) is 4.79 Å². The topological polar surface area (TPSA) is 77.2 Å². The number of hydrogen-bond acceptors (Lipinski definition) is 6. The highest BCUT2D eigenvalue weighted by atomic mass is 32.1. The maximum atomic E-state index is 11.8. The third kappa shape index (κ3) is 3.89. The maximum absolute atomic E-state index is 11.8. The molecule has 0 saturated carbocycles. The van der Waals surface area contributed by atoms with Gasteiger partial charge < -0.3 is 14.6 Å². The van der Waals surface area contributed by atoms with E-state index in [0.29, 0.717) is 31.1 Å². The molecule has 0 radical (unpaired) electrons. The van der Waals surface area contributed by atoms with Gasteiger partial charge in [-0.3, -0.25) is 4.79 Å². The molecule has 2 aromatic heterocycles. The standard InChI is InChI=1S/C14H17N3O3S/c18-12(15-9-10-3-1-7-19-10)5-6-13-16-14(17-20-13)11-4-2-8-21-11/h2,4,8,10H,1,3,5-7,9H2,(H,15,18)/t10-/m1/s1. The summed E-state index contributed by atoms with van der Waals surface area (Å²) in [6.07, 6.45) is 3.07. The van der Waals surface area contributed by atoms with Gasteiger partial charge in [-0.25, -0.2) is 0 Å². The summed E-state index contributed by atoms with van der Waals surface area (Å²) in [5.74, 6) is 1.06. The fourth-order valence-corrected chi connectivity index (χ4v) is 2.85. The van der Waals surface area contributed by atoms with Crippen LogP contribution in [0.2, 0.25) is 0 Å². The zero-order valence-corrected chi connectivity index (χ0v) is 12.4. The lowest BCUT2D eigenvalue weighted by molar-refractivity contribution is -0.121. The molecule has 7 heteroatoms. The van der Waals surface area contributed by atoms with Gasteiger partial charge in [0.05, 0.1) is 11.0 Å². The van der Waals surface area contributed by atoms with Gasteiger partial charge in [-0.2, -0.15) is 4.98 Å². The lowest BCUT2D eigenvalue weighted by Crippen LogP contribution is -2.31. The Bertz CT molecular complexity index is 576. The molecular weight excluding hydrogens is 290 g/mol. The van der Waals surface area contributed by atoms with Crippen LogP contribution in [0.5, 0.6) is 0 Å². The number of ether oxygens (including phenoxy) is 1. The molecule has 3 rings (SSSR count). The van der Waals surface area contributed by atoms with Crippen molar-refractivity contribution in [2.75, 3.05) is 13.2 Å². The first kappa shape index (κ1) is 14.2. The lowest BCUT2D eigenvalue weighted by atomic mass is 10.2. The van der Waals surface area contributed by atoms with Crippen LogP contribution >= 0.6 is 11.3 Å². The molecule has 1 aliphatic rings. The van der Waals surface area contributed by atoms with Crippen molar-refractivity contribution in [3.05, 3.63) is 23.4 Å². The number of rotatable bonds is 6. The highest BCUT2D eigenvalue weighted by Crippen LogP contribution is 2.21. The van der Waals surface area contributed by atoms with E-state index in [4.69, 9.17) is 9.26 Å². The van der Waals surface area contributed by atoms with Crippen molar-refractivity contribution >= 4 is 17.2 Å². The van der Waals surface area contributed by atoms with Gasteiger partial charge in [0.2, 0.25) is 17.6 Å². The lowest BCUT2D eigenvalue weighted by Gasteiger charge is -2.09. The van der Waals surface area contributed by atoms with E-state index in [2.05, 4.69) is 15.5 Å². The minimum Gasteiger partial charge on any atom is -0.376 e. The van der Waals surface area contributed by atoms with Crippen molar-refractivity contribution in [2.45, 2.75) is 31.8 Å². The van der Waals surface area contributed by atoms with Crippen LogP contribution in [0.1, 0.15) is 25.2 Å². The molecule has 0 spiro atoms. The second-order valence-corrected chi connectivity index (χ2v) is 5.88. The third-order valence-corrected chi connectivity index (χ3v) is 4.19. The fraction of sp³-hybridized carbons (Fsp3) is 0.500. The molecule has 1 atom stereocenters. The minimum atomic E-state index is -0.0126. The van der Waals surface area contributed by atoms with Crippen molar-refractivity contribution in [3.8, 4) is 10.7 Å². The van der Waals surface area contributed by atoms with E-state index in [0.717, 1.165) is 24.3 Å². The van der Waals surface area contributed by atoms with Gasteiger partial charge in [0, 0.05) is 26.0 Å². The zero-order valence-electron chi connectivity index (χ0n) is 11.6. The van der Waals surface area contributed by atoms with Crippen LogP contribution in [0, 0.1) is 0 Å². The average molecular weight is 307 g/mol. The van der Waals surface area contributed by atoms with Gasteiger partial charge in [-0.05, 0) is 24.3 Å². The van der Waals surface area contributed by atoms with E-state index in [-0.39, 0.29) is 12.0 Å². The highest BCUT2D eigenvalue weighted by Gasteiger charge is 2.16. The molecule has 0 aliphatic carbocycles. The summed E-state index contributed by atoms with van der Waals surface area (Å²) in [4.78, 5) is 17.0. The number of amides is 1. The predicted molar refractivity (Wildman–Crippen MR) is 77.9 cm³/mol. The van der Waals surface area contributed by atoms with E-state index in [1.54, 1.807) is 11.3 Å². The Labute approximate surface area is 126 Å². The van der Waals surface area contributed by atoms with E-state index >= 15 is 0 Å². The Kier molecular flexibility index (Phi) is 4.62. The summed E-state index contributed by atoms with van der Waals surface area (Å²) in [7, 11) is 0. The fourth-order valence-electron chi connectivity index (χ4n) is 2.20. The number of hydrogen-bond donors (Lipinski definition) is 1. The summed E-state index contributed by atoms with van der Waals surface area (Å²) in [6, 6.07) is 3.88. The molecule has 1 saturated heterocycles. The molecule has 2 aromatic rings. The third-order valence-electron chi connectivity index (χ3n) is 3.33. The Morgan fingerprint density at radius 1 is 1.52 bits per heavy atom. The van der Waals surface area contributed by atoms with Crippen molar-refractivity contribution in [1.82, 2.24) is 15.5 Å². The summed E-state index contributed by atoms with van der Waals surface area (Å²) in [5, 5.41) is 8.76. The number of aromatic nitrogens is 2. The molecule has 0 bridgehead atoms. The first-order chi connectivity index (χ1) is 10.3. The van der Waals surface area contributed by atoms with Crippen LogP contribution in [-0.4, -0.2) is 35.3 Å². The van der Waals surface area contributed by atoms with Crippen LogP contribution in [-0.2, 0) is 16.0 Å². The van der Waals surface area contributed by atoms with Gasteiger partial charge in [-0.1, -0.05) is 11.2 Å². The number of nitrogens with zero attached hydrogens (tertiary/aromatic N) is 2. The van der Waals surface area contributed by atoms with Crippen molar-refractivity contribution < 1.29 is 14.1 Å². The number of thiophene rings is 1. The van der Waals surface area contributed by atoms with E-state index in [1.165, 1.54) is 0 Å². The van der Waals surface area contributed by atoms with Gasteiger partial charge >= 0.3 is 0 Å². The van der Waals surface area contributed by atoms with Crippen LogP contribution in [0.3, 0.4) is 0 Å². The highest BCUT2D eigenvalue weighted by molar-refractivity contribution is 7.13. The van der Waals surface area contributed by atoms with Gasteiger partial charge in [0.15, 0.2) is 0 Å². The minimum absolute atomic E-state index is 0.0126. The second-order valence-electron chi connectivity index (χ2n) is 4.93. The van der Waals surface area contributed by atoms with Gasteiger partial charge in [-0.15, -0.1) is 11.3 Å². The summed E-state index contributed by atoms with van der Waals surface area (Å²) >= 11 is 1.56. The normalized spacial score (nSPS) is 18.0. The number of nitrogens with one attached hydrogen (secondary N) is 1. The number of carbonyl (C=O) groups is 1. The van der Waals surface area contributed by atoms with Crippen LogP contribution in [0.25, 0.3) is 10.7 Å². The molecule has 1 aliphatic heterocycles. The van der Waals surface area contributed by atoms with Gasteiger partial charge in [0.25, 0.3) is 0 Å². The SMILES string of the molecule is O=C(CCc1nc(-c2cccs2)no1)NC[C@H]1CCCO1. The Balaban J connectivity index is 1.43. The molecule has 1 amide bonds. The largest absolute Gasteiger partial charge is 0.376 e. The molecular formula is C14H17N3O3S. The second kappa shape index (κ2) is 6.82. The Hall–Kier alpha value is -1.73. The van der Waals surface area contributed by atoms with Crippen molar-refractivity contribution in [2.24, 2.45) is 0 Å². The zero-order chi connectivity index (χ0) is 14.5. The first-order valence-corrected chi connectivity index (χ1v) is 7.94. The average Bonchev–Trinajstić information content (AvgIpc) is 3.24. The van der Waals surface area contributed by atoms with Gasteiger partial charge in [0.1, 0.15) is 0 Å². The summed E-state index contributed by atoms with van der Waals surface area (Å²) < 4.78 is 10.6. The molecule has 21 heavy (non-hydrogen) atoms. The van der Waals surface area contributed by atoms with Crippen LogP contribution in [0.4, 0.5) is 0 Å². The number of aryl methyl sites for hydroxylation is 1. The predicted octanol–water partition coefficient (Wildman–Crippen LogP) is 2.03. The molecule has 0 unspecified atom stereocenters. The van der Waals surface area contributed by atoms with E-state index < -0.39 is 0 Å². The van der Waals surface area contributed by atoms with Crippen LogP contribution in [0.15, 0.2) is 22.0 Å². The molecule has 6 nitrogen and oxygen atoms in total. The van der Waals surface area contributed by atoms with Crippen LogP contribution < -0.4 is 5.32 Å². The molecule has 3 heterocycles. The maximum Gasteiger partial charge on any atom is 0.227 e. The molecule has 1 N–H and O–H groups in total. The molecule has 112 valence electrons. The summed E-state index contributed by atoms with van der Waals surface area (Å²) in [6.45, 7) is 1.39. The quantitative estimate of drug-likeness (QED) is 0.883. The Morgan fingerprint density at radius 2 is 2.48 bits per heavy atom. The molecule has 0 aromatic carbocycles. The molecule has 1 fully saturated rings. The number of carbonyl (C=O) groups excluding carboxylic acids is 1. The smallest absolute Gasteiger partial charge is 0.227 e. The first-order valence-electron chi connectivity index (χ1n) is 7.06. The summed E-state index contributed by atoms with van der Waals surface area (Å²) in [5.41, 5.74) is 0. The van der Waals surface area contributed by atoms with E-state index in [1.807, 2.05) is 17.5 Å². The van der Waals surface area contributed by atoms with Crippen molar-refractivity contribution in [3.63, 3.8) is 0 Å². The Morgan fingerprint density at radius 3 is 3.24 bits per heavy atom. The monoisotopic (exact) mass is 307 g/mol.